The average Bonchev–Trinajstić information content (AvgIpc) is 2.82. The molecule has 2 aromatic carbocycles. The molecule has 6 heteroatoms. The number of carbonyl (C=O) groups is 1. The summed E-state index contributed by atoms with van der Waals surface area (Å²) in [6.45, 7) is 0.467. The number of hydrogen-bond acceptors (Lipinski definition) is 5. The van der Waals surface area contributed by atoms with Gasteiger partial charge in [0, 0.05) is 18.0 Å². The molecular formula is C25H31NO5. The van der Waals surface area contributed by atoms with Crippen LogP contribution in [0.25, 0.3) is 0 Å². The van der Waals surface area contributed by atoms with Gasteiger partial charge in [-0.1, -0.05) is 25.0 Å². The lowest BCUT2D eigenvalue weighted by Gasteiger charge is -2.52. The van der Waals surface area contributed by atoms with Crippen LogP contribution in [-0.4, -0.2) is 49.4 Å². The van der Waals surface area contributed by atoms with Gasteiger partial charge < -0.3 is 24.2 Å². The zero-order chi connectivity index (χ0) is 22.0. The average molecular weight is 426 g/mol. The smallest absolute Gasteiger partial charge is 0.258 e. The molecule has 2 aromatic rings. The van der Waals surface area contributed by atoms with Gasteiger partial charge in [0.05, 0.1) is 38.5 Å². The zero-order valence-corrected chi connectivity index (χ0v) is 18.5. The summed E-state index contributed by atoms with van der Waals surface area (Å²) in [5, 5.41) is 11.5. The van der Waals surface area contributed by atoms with Gasteiger partial charge in [-0.3, -0.25) is 4.79 Å². The number of hydrogen-bond donors (Lipinski definition) is 1. The minimum Gasteiger partial charge on any atom is -0.497 e. The molecule has 1 aliphatic carbocycles. The first-order valence-electron chi connectivity index (χ1n) is 10.9. The van der Waals surface area contributed by atoms with Gasteiger partial charge in [-0.2, -0.15) is 0 Å². The Bertz CT molecular complexity index is 945. The monoisotopic (exact) mass is 425 g/mol. The molecule has 1 N–H and O–H groups in total. The highest BCUT2D eigenvalue weighted by atomic mass is 16.5. The number of ether oxygens (including phenoxy) is 3. The zero-order valence-electron chi connectivity index (χ0n) is 18.5. The molecular weight excluding hydrogens is 394 g/mol. The van der Waals surface area contributed by atoms with Crippen LogP contribution in [0, 0.1) is 5.92 Å². The summed E-state index contributed by atoms with van der Waals surface area (Å²) in [6.07, 6.45) is 4.23. The molecule has 166 valence electrons. The first kappa shape index (κ1) is 21.5. The molecule has 6 nitrogen and oxygen atoms in total. The molecule has 2 fully saturated rings. The molecule has 31 heavy (non-hydrogen) atoms. The maximum absolute atomic E-state index is 13.8. The van der Waals surface area contributed by atoms with Gasteiger partial charge in [-0.15, -0.1) is 0 Å². The van der Waals surface area contributed by atoms with Gasteiger partial charge in [0.15, 0.2) is 0 Å². The quantitative estimate of drug-likeness (QED) is 0.777. The van der Waals surface area contributed by atoms with Gasteiger partial charge in [-0.25, -0.2) is 0 Å². The molecule has 1 saturated heterocycles. The van der Waals surface area contributed by atoms with Crippen LogP contribution in [0.3, 0.4) is 0 Å². The fourth-order valence-electron chi connectivity index (χ4n) is 5.34. The van der Waals surface area contributed by atoms with E-state index in [2.05, 4.69) is 0 Å². The first-order chi connectivity index (χ1) is 15.0. The fraction of sp³-hybridized carbons (Fsp3) is 0.480. The highest BCUT2D eigenvalue weighted by molar-refractivity contribution is 5.97. The summed E-state index contributed by atoms with van der Waals surface area (Å²) in [5.41, 5.74) is 0.613. The molecule has 0 bridgehead atoms. The normalized spacial score (nSPS) is 25.5. The molecule has 0 aromatic heterocycles. The summed E-state index contributed by atoms with van der Waals surface area (Å²) >= 11 is 0. The molecule has 0 radical (unpaired) electrons. The van der Waals surface area contributed by atoms with Crippen LogP contribution in [0.4, 0.5) is 0 Å². The number of rotatable bonds is 5. The van der Waals surface area contributed by atoms with Crippen molar-refractivity contribution in [3.05, 3.63) is 53.6 Å². The molecule has 1 aliphatic heterocycles. The van der Waals surface area contributed by atoms with Gasteiger partial charge in [-0.05, 0) is 49.6 Å². The van der Waals surface area contributed by atoms with E-state index in [1.165, 1.54) is 0 Å². The summed E-state index contributed by atoms with van der Waals surface area (Å²) < 4.78 is 16.6. The Morgan fingerprint density at radius 3 is 2.52 bits per heavy atom. The van der Waals surface area contributed by atoms with E-state index < -0.39 is 5.60 Å². The van der Waals surface area contributed by atoms with E-state index >= 15 is 0 Å². The highest BCUT2D eigenvalue weighted by Gasteiger charge is 2.51. The third-order valence-electron chi connectivity index (χ3n) is 6.92. The predicted molar refractivity (Wildman–Crippen MR) is 118 cm³/mol. The minimum absolute atomic E-state index is 0.0744. The minimum atomic E-state index is -0.783. The molecule has 0 unspecified atom stereocenters. The Hall–Kier alpha value is -2.73. The number of piperidine rings is 1. The Morgan fingerprint density at radius 1 is 1.00 bits per heavy atom. The second kappa shape index (κ2) is 8.79. The molecule has 0 spiro atoms. The lowest BCUT2D eigenvalue weighted by molar-refractivity contribution is -0.115. The van der Waals surface area contributed by atoms with Crippen molar-refractivity contribution in [2.24, 2.45) is 5.92 Å². The third-order valence-corrected chi connectivity index (χ3v) is 6.92. The molecule has 1 heterocycles. The Labute approximate surface area is 183 Å². The largest absolute Gasteiger partial charge is 0.497 e. The number of amides is 1. The van der Waals surface area contributed by atoms with E-state index in [1.54, 1.807) is 33.5 Å². The molecule has 3 atom stereocenters. The number of methoxy groups -OCH3 is 3. The van der Waals surface area contributed by atoms with E-state index in [0.717, 1.165) is 31.2 Å². The number of aliphatic hydroxyl groups is 1. The Morgan fingerprint density at radius 2 is 1.77 bits per heavy atom. The van der Waals surface area contributed by atoms with Crippen molar-refractivity contribution in [1.82, 2.24) is 4.90 Å². The van der Waals surface area contributed by atoms with Crippen molar-refractivity contribution in [1.29, 1.82) is 0 Å². The van der Waals surface area contributed by atoms with Crippen molar-refractivity contribution in [2.45, 2.75) is 43.7 Å². The summed E-state index contributed by atoms with van der Waals surface area (Å²) in [6, 6.07) is 12.6. The van der Waals surface area contributed by atoms with Crippen LogP contribution in [0.1, 0.15) is 54.1 Å². The molecule has 4 rings (SSSR count). The third kappa shape index (κ3) is 3.85. The summed E-state index contributed by atoms with van der Waals surface area (Å²) in [4.78, 5) is 15.7. The van der Waals surface area contributed by atoms with Crippen LogP contribution < -0.4 is 14.2 Å². The topological polar surface area (TPSA) is 68.2 Å². The molecule has 1 saturated carbocycles. The van der Waals surface area contributed by atoms with E-state index in [1.807, 2.05) is 35.2 Å². The van der Waals surface area contributed by atoms with E-state index in [4.69, 9.17) is 14.2 Å². The van der Waals surface area contributed by atoms with E-state index in [9.17, 15) is 9.90 Å². The second-order valence-electron chi connectivity index (χ2n) is 8.46. The maximum atomic E-state index is 13.8. The summed E-state index contributed by atoms with van der Waals surface area (Å²) in [7, 11) is 4.83. The van der Waals surface area contributed by atoms with Gasteiger partial charge >= 0.3 is 0 Å². The number of fused-ring (bicyclic) bond motifs is 1. The number of benzene rings is 2. The molecule has 1 amide bonds. The highest BCUT2D eigenvalue weighted by Crippen LogP contribution is 2.51. The van der Waals surface area contributed by atoms with E-state index in [-0.39, 0.29) is 17.9 Å². The Balaban J connectivity index is 1.84. The number of carbonyl (C=O) groups excluding carboxylic acids is 1. The maximum Gasteiger partial charge on any atom is 0.258 e. The van der Waals surface area contributed by atoms with Crippen molar-refractivity contribution < 1.29 is 24.1 Å². The van der Waals surface area contributed by atoms with Crippen molar-refractivity contribution in [2.75, 3.05) is 27.9 Å². The standard InChI is InChI=1S/C25H31NO5/c1-29-17-11-12-22(31-3)19(16-17)23-20-9-6-7-13-25(20,28)14-15-26(23)24(27)18-8-4-5-10-21(18)30-2/h4-5,8,10-12,16,20,23,28H,6-7,9,13-15H2,1-3H3/t20-,23-,25+/m0/s1. The van der Waals surface area contributed by atoms with Crippen LogP contribution in [0.15, 0.2) is 42.5 Å². The van der Waals surface area contributed by atoms with Gasteiger partial charge in [0.1, 0.15) is 17.2 Å². The number of para-hydroxylation sites is 1. The SMILES string of the molecule is COc1ccc(OC)c([C@H]2[C@@H]3CCCC[C@@]3(O)CCN2C(=O)c2ccccc2OC)c1. The van der Waals surface area contributed by atoms with Crippen LogP contribution in [0.5, 0.6) is 17.2 Å². The first-order valence-corrected chi connectivity index (χ1v) is 10.9. The number of likely N-dealkylation sites (tertiary alicyclic amines) is 1. The summed E-state index contributed by atoms with van der Waals surface area (Å²) in [5.74, 6) is 1.77. The van der Waals surface area contributed by atoms with Crippen LogP contribution in [-0.2, 0) is 0 Å². The van der Waals surface area contributed by atoms with Crippen molar-refractivity contribution in [3.8, 4) is 17.2 Å². The van der Waals surface area contributed by atoms with E-state index in [0.29, 0.717) is 35.8 Å². The van der Waals surface area contributed by atoms with Crippen molar-refractivity contribution in [3.63, 3.8) is 0 Å². The van der Waals surface area contributed by atoms with Crippen molar-refractivity contribution >= 4 is 5.91 Å². The fourth-order valence-corrected chi connectivity index (χ4v) is 5.34. The second-order valence-corrected chi connectivity index (χ2v) is 8.46. The van der Waals surface area contributed by atoms with Gasteiger partial charge in [0.2, 0.25) is 0 Å². The molecule has 2 aliphatic rings. The lowest BCUT2D eigenvalue weighted by atomic mass is 9.66. The lowest BCUT2D eigenvalue weighted by Crippen LogP contribution is -2.56. The van der Waals surface area contributed by atoms with Gasteiger partial charge in [0.25, 0.3) is 5.91 Å². The Kier molecular flexibility index (Phi) is 6.10. The van der Waals surface area contributed by atoms with Crippen LogP contribution in [0.2, 0.25) is 0 Å². The van der Waals surface area contributed by atoms with Crippen LogP contribution >= 0.6 is 0 Å². The number of nitrogens with zero attached hydrogens (tertiary/aromatic N) is 1. The predicted octanol–water partition coefficient (Wildman–Crippen LogP) is 4.22.